The van der Waals surface area contributed by atoms with E-state index < -0.39 is 0 Å². The van der Waals surface area contributed by atoms with Gasteiger partial charge in [0.1, 0.15) is 0 Å². The Labute approximate surface area is 73.8 Å². The molecule has 0 aliphatic carbocycles. The van der Waals surface area contributed by atoms with Crippen LogP contribution in [0.15, 0.2) is 36.5 Å². The van der Waals surface area contributed by atoms with Gasteiger partial charge >= 0.3 is 0 Å². The zero-order chi connectivity index (χ0) is 8.67. The minimum Gasteiger partial charge on any atom is -0.157 e. The summed E-state index contributed by atoms with van der Waals surface area (Å²) in [6, 6.07) is 9.81. The van der Waals surface area contributed by atoms with Crippen LogP contribution in [-0.4, -0.2) is 20.0 Å². The number of rotatable bonds is 0. The fraction of sp³-hybridized carbons (Fsp3) is 0. The number of fused-ring (bicyclic) bond motifs is 3. The molecule has 0 spiro atoms. The van der Waals surface area contributed by atoms with Crippen molar-refractivity contribution < 1.29 is 0 Å². The monoisotopic (exact) mass is 170 g/mol. The van der Waals surface area contributed by atoms with Crippen LogP contribution in [0.4, 0.5) is 0 Å². The number of hydrogen-bond acceptors (Lipinski definition) is 3. The summed E-state index contributed by atoms with van der Waals surface area (Å²) in [7, 11) is 0. The second-order valence-electron chi connectivity index (χ2n) is 2.81. The molecule has 0 radical (unpaired) electrons. The number of aromatic nitrogens is 4. The predicted molar refractivity (Wildman–Crippen MR) is 48.3 cm³/mol. The van der Waals surface area contributed by atoms with Gasteiger partial charge in [-0.3, -0.25) is 0 Å². The summed E-state index contributed by atoms with van der Waals surface area (Å²) in [5.41, 5.74) is 1.89. The third kappa shape index (κ3) is 0.823. The van der Waals surface area contributed by atoms with Crippen LogP contribution in [-0.2, 0) is 0 Å². The maximum absolute atomic E-state index is 4.03. The van der Waals surface area contributed by atoms with Gasteiger partial charge in [-0.2, -0.15) is 5.10 Å². The van der Waals surface area contributed by atoms with E-state index in [2.05, 4.69) is 15.4 Å². The summed E-state index contributed by atoms with van der Waals surface area (Å²) in [6.45, 7) is 0. The third-order valence-electron chi connectivity index (χ3n) is 2.04. The molecule has 0 saturated heterocycles. The van der Waals surface area contributed by atoms with E-state index in [0.29, 0.717) is 0 Å². The lowest BCUT2D eigenvalue weighted by Gasteiger charge is -1.96. The van der Waals surface area contributed by atoms with Gasteiger partial charge in [0.25, 0.3) is 0 Å². The minimum atomic E-state index is 0.899. The molecule has 4 nitrogen and oxygen atoms in total. The Bertz CT molecular complexity index is 570. The molecule has 0 fully saturated rings. The summed E-state index contributed by atoms with van der Waals surface area (Å²) in [4.78, 5) is 0. The van der Waals surface area contributed by atoms with Crippen molar-refractivity contribution in [1.29, 1.82) is 0 Å². The Morgan fingerprint density at radius 1 is 1.08 bits per heavy atom. The van der Waals surface area contributed by atoms with E-state index in [0.717, 1.165) is 16.4 Å². The van der Waals surface area contributed by atoms with Crippen molar-refractivity contribution in [2.45, 2.75) is 0 Å². The Morgan fingerprint density at radius 2 is 2.00 bits per heavy atom. The van der Waals surface area contributed by atoms with E-state index in [4.69, 9.17) is 0 Å². The molecule has 0 unspecified atom stereocenters. The standard InChI is InChI=1S/C9H6N4/c1-2-4-8-7(3-1)9-5-6-10-13(9)12-11-8/h1-6H. The van der Waals surface area contributed by atoms with Crippen molar-refractivity contribution >= 4 is 16.4 Å². The second-order valence-corrected chi connectivity index (χ2v) is 2.81. The van der Waals surface area contributed by atoms with Gasteiger partial charge in [0, 0.05) is 5.39 Å². The van der Waals surface area contributed by atoms with Gasteiger partial charge < -0.3 is 0 Å². The summed E-state index contributed by atoms with van der Waals surface area (Å²) < 4.78 is 1.53. The number of benzene rings is 1. The van der Waals surface area contributed by atoms with Crippen molar-refractivity contribution in [2.24, 2.45) is 0 Å². The van der Waals surface area contributed by atoms with Crippen molar-refractivity contribution in [2.75, 3.05) is 0 Å². The summed E-state index contributed by atoms with van der Waals surface area (Å²) in [6.07, 6.45) is 1.72. The third-order valence-corrected chi connectivity index (χ3v) is 2.04. The molecule has 1 aromatic carbocycles. The zero-order valence-electron chi connectivity index (χ0n) is 6.75. The number of nitrogens with zero attached hydrogens (tertiary/aromatic N) is 4. The van der Waals surface area contributed by atoms with Crippen LogP contribution in [0.5, 0.6) is 0 Å². The molecule has 0 bridgehead atoms. The first-order valence-corrected chi connectivity index (χ1v) is 4.00. The molecular formula is C9H6N4. The minimum absolute atomic E-state index is 0.899. The fourth-order valence-corrected chi connectivity index (χ4v) is 1.43. The van der Waals surface area contributed by atoms with Gasteiger partial charge in [0.2, 0.25) is 0 Å². The SMILES string of the molecule is c1ccc2c(c1)nnn1nccc21. The first-order valence-electron chi connectivity index (χ1n) is 4.00. The first kappa shape index (κ1) is 6.54. The van der Waals surface area contributed by atoms with Crippen LogP contribution < -0.4 is 0 Å². The predicted octanol–water partition coefficient (Wildman–Crippen LogP) is 1.28. The van der Waals surface area contributed by atoms with Crippen molar-refractivity contribution in [3.8, 4) is 0 Å². The molecule has 4 heteroatoms. The summed E-state index contributed by atoms with van der Waals surface area (Å²) in [5, 5.41) is 13.0. The largest absolute Gasteiger partial charge is 0.157 e. The van der Waals surface area contributed by atoms with Crippen LogP contribution in [0.1, 0.15) is 0 Å². The summed E-state index contributed by atoms with van der Waals surface area (Å²) in [5.74, 6) is 0. The van der Waals surface area contributed by atoms with Gasteiger partial charge in [-0.15, -0.1) is 9.73 Å². The van der Waals surface area contributed by atoms with E-state index in [1.54, 1.807) is 6.20 Å². The molecule has 0 aliphatic rings. The van der Waals surface area contributed by atoms with Crippen molar-refractivity contribution in [1.82, 2.24) is 20.0 Å². The highest BCUT2D eigenvalue weighted by atomic mass is 15.5. The lowest BCUT2D eigenvalue weighted by molar-refractivity contribution is 0.733. The molecule has 2 heterocycles. The highest BCUT2D eigenvalue weighted by Gasteiger charge is 2.00. The molecule has 0 N–H and O–H groups in total. The zero-order valence-corrected chi connectivity index (χ0v) is 6.75. The molecular weight excluding hydrogens is 164 g/mol. The molecule has 62 valence electrons. The average Bonchev–Trinajstić information content (AvgIpc) is 2.65. The van der Waals surface area contributed by atoms with Crippen LogP contribution in [0.25, 0.3) is 16.4 Å². The molecule has 3 rings (SSSR count). The molecule has 0 atom stereocenters. The molecule has 2 aromatic heterocycles. The van der Waals surface area contributed by atoms with Crippen molar-refractivity contribution in [3.63, 3.8) is 0 Å². The van der Waals surface area contributed by atoms with E-state index >= 15 is 0 Å². The fourth-order valence-electron chi connectivity index (χ4n) is 1.43. The van der Waals surface area contributed by atoms with E-state index in [1.165, 1.54) is 4.63 Å². The Kier molecular flexibility index (Phi) is 1.14. The molecule has 3 aromatic rings. The van der Waals surface area contributed by atoms with Gasteiger partial charge in [-0.25, -0.2) is 0 Å². The van der Waals surface area contributed by atoms with E-state index in [9.17, 15) is 0 Å². The van der Waals surface area contributed by atoms with Crippen LogP contribution in [0.2, 0.25) is 0 Å². The maximum Gasteiger partial charge on any atom is 0.0984 e. The molecule has 0 amide bonds. The van der Waals surface area contributed by atoms with Gasteiger partial charge in [-0.05, 0) is 17.3 Å². The average molecular weight is 170 g/mol. The van der Waals surface area contributed by atoms with Crippen LogP contribution in [0.3, 0.4) is 0 Å². The lowest BCUT2D eigenvalue weighted by Crippen LogP contribution is -1.96. The Balaban J connectivity index is 2.65. The van der Waals surface area contributed by atoms with Gasteiger partial charge in [0.05, 0.1) is 17.2 Å². The highest BCUT2D eigenvalue weighted by Crippen LogP contribution is 2.14. The summed E-state index contributed by atoms with van der Waals surface area (Å²) >= 11 is 0. The Morgan fingerprint density at radius 3 is 3.00 bits per heavy atom. The van der Waals surface area contributed by atoms with E-state index in [1.807, 2.05) is 30.3 Å². The maximum atomic E-state index is 4.03. The molecule has 0 aliphatic heterocycles. The van der Waals surface area contributed by atoms with Crippen molar-refractivity contribution in [3.05, 3.63) is 36.5 Å². The van der Waals surface area contributed by atoms with Gasteiger partial charge in [-0.1, -0.05) is 18.2 Å². The molecule has 0 saturated carbocycles. The van der Waals surface area contributed by atoms with Crippen LogP contribution in [0, 0.1) is 0 Å². The normalized spacial score (nSPS) is 11.1. The topological polar surface area (TPSA) is 43.1 Å². The quantitative estimate of drug-likeness (QED) is 0.510. The smallest absolute Gasteiger partial charge is 0.0984 e. The van der Waals surface area contributed by atoms with Crippen LogP contribution >= 0.6 is 0 Å². The highest BCUT2D eigenvalue weighted by molar-refractivity contribution is 5.92. The molecule has 13 heavy (non-hydrogen) atoms. The lowest BCUT2D eigenvalue weighted by atomic mass is 10.2. The van der Waals surface area contributed by atoms with E-state index in [-0.39, 0.29) is 0 Å². The Hall–Kier alpha value is -1.97. The second kappa shape index (κ2) is 2.26. The van der Waals surface area contributed by atoms with Gasteiger partial charge in [0.15, 0.2) is 0 Å². The first-order chi connectivity index (χ1) is 6.45. The number of hydrogen-bond donors (Lipinski definition) is 0.